The summed E-state index contributed by atoms with van der Waals surface area (Å²) < 4.78 is 0. The fraction of sp³-hybridized carbons (Fsp3) is 0.538. The molecule has 0 spiro atoms. The number of halogens is 3. The van der Waals surface area contributed by atoms with Crippen LogP contribution in [-0.2, 0) is 6.54 Å². The molecule has 0 bridgehead atoms. The van der Waals surface area contributed by atoms with Crippen molar-refractivity contribution in [1.82, 2.24) is 4.90 Å². The van der Waals surface area contributed by atoms with E-state index in [9.17, 15) is 0 Å². The van der Waals surface area contributed by atoms with Gasteiger partial charge in [-0.2, -0.15) is 0 Å². The van der Waals surface area contributed by atoms with Crippen LogP contribution in [0.2, 0.25) is 0 Å². The van der Waals surface area contributed by atoms with E-state index in [-0.39, 0.29) is 12.4 Å². The second kappa shape index (κ2) is 9.04. The Balaban J connectivity index is 0.00000256. The second-order valence-corrected chi connectivity index (χ2v) is 4.78. The van der Waals surface area contributed by atoms with Gasteiger partial charge in [-0.1, -0.05) is 30.3 Å². The van der Waals surface area contributed by atoms with Gasteiger partial charge in [0.2, 0.25) is 0 Å². The molecule has 0 aromatic heterocycles. The van der Waals surface area contributed by atoms with Crippen LogP contribution in [0.1, 0.15) is 19.4 Å². The van der Waals surface area contributed by atoms with E-state index in [1.807, 2.05) is 6.07 Å². The monoisotopic (exact) mass is 295 g/mol. The molecule has 1 nitrogen and oxygen atoms in total. The Hall–Kier alpha value is 0.0500. The van der Waals surface area contributed by atoms with Crippen molar-refractivity contribution in [3.8, 4) is 0 Å². The maximum absolute atomic E-state index is 5.93. The van der Waals surface area contributed by atoms with Crippen molar-refractivity contribution in [3.05, 3.63) is 35.9 Å². The number of benzene rings is 1. The molecule has 0 fully saturated rings. The van der Waals surface area contributed by atoms with Crippen LogP contribution in [0.25, 0.3) is 0 Å². The summed E-state index contributed by atoms with van der Waals surface area (Å²) in [6.45, 7) is 5.18. The molecule has 0 saturated heterocycles. The molecule has 1 aromatic rings. The van der Waals surface area contributed by atoms with Crippen molar-refractivity contribution >= 4 is 35.6 Å². The molecule has 0 aliphatic heterocycles. The van der Waals surface area contributed by atoms with E-state index in [1.165, 1.54) is 5.56 Å². The topological polar surface area (TPSA) is 3.24 Å². The summed E-state index contributed by atoms with van der Waals surface area (Å²) in [6, 6.07) is 11.1. The molecule has 4 heteroatoms. The molecule has 0 saturated carbocycles. The Bertz CT molecular complexity index is 282. The molecule has 0 heterocycles. The first kappa shape index (κ1) is 17.1. The SMILES string of the molecule is CC(CCl)N(Cc1ccccc1)C(C)CCl.Cl. The van der Waals surface area contributed by atoms with Crippen molar-refractivity contribution in [2.24, 2.45) is 0 Å². The number of hydrogen-bond donors (Lipinski definition) is 0. The zero-order valence-corrected chi connectivity index (χ0v) is 12.6. The fourth-order valence-electron chi connectivity index (χ4n) is 1.72. The zero-order valence-electron chi connectivity index (χ0n) is 10.3. The summed E-state index contributed by atoms with van der Waals surface area (Å²) >= 11 is 11.9. The summed E-state index contributed by atoms with van der Waals surface area (Å²) in [6.07, 6.45) is 0. The highest BCUT2D eigenvalue weighted by molar-refractivity contribution is 6.18. The smallest absolute Gasteiger partial charge is 0.0377 e. The third-order valence-electron chi connectivity index (χ3n) is 2.79. The van der Waals surface area contributed by atoms with E-state index in [4.69, 9.17) is 23.2 Å². The second-order valence-electron chi connectivity index (χ2n) is 4.16. The van der Waals surface area contributed by atoms with E-state index in [1.54, 1.807) is 0 Å². The maximum atomic E-state index is 5.93. The lowest BCUT2D eigenvalue weighted by Crippen LogP contribution is -2.41. The van der Waals surface area contributed by atoms with Gasteiger partial charge in [0.05, 0.1) is 0 Å². The molecule has 0 amide bonds. The van der Waals surface area contributed by atoms with Crippen LogP contribution in [0.5, 0.6) is 0 Å². The largest absolute Gasteiger partial charge is 0.291 e. The summed E-state index contributed by atoms with van der Waals surface area (Å²) in [7, 11) is 0. The summed E-state index contributed by atoms with van der Waals surface area (Å²) in [5.74, 6) is 1.27. The molecule has 1 aromatic carbocycles. The molecule has 98 valence electrons. The van der Waals surface area contributed by atoms with Gasteiger partial charge in [0.1, 0.15) is 0 Å². The third-order valence-corrected chi connectivity index (χ3v) is 3.68. The molecule has 0 aliphatic carbocycles. The fourth-order valence-corrected chi connectivity index (χ4v) is 2.07. The molecule has 0 N–H and O–H groups in total. The van der Waals surface area contributed by atoms with Gasteiger partial charge in [-0.3, -0.25) is 4.90 Å². The molecule has 2 unspecified atom stereocenters. The van der Waals surface area contributed by atoms with Crippen molar-refractivity contribution in [3.63, 3.8) is 0 Å². The van der Waals surface area contributed by atoms with Gasteiger partial charge in [-0.05, 0) is 19.4 Å². The van der Waals surface area contributed by atoms with Gasteiger partial charge in [-0.25, -0.2) is 0 Å². The molecule has 0 aliphatic rings. The highest BCUT2D eigenvalue weighted by Crippen LogP contribution is 2.14. The minimum atomic E-state index is 0. The van der Waals surface area contributed by atoms with Gasteiger partial charge in [0.25, 0.3) is 0 Å². The van der Waals surface area contributed by atoms with Crippen LogP contribution in [-0.4, -0.2) is 28.7 Å². The molecule has 2 atom stereocenters. The van der Waals surface area contributed by atoms with Crippen LogP contribution < -0.4 is 0 Å². The third kappa shape index (κ3) is 5.48. The standard InChI is InChI=1S/C13H19Cl2N.ClH/c1-11(8-14)16(12(2)9-15)10-13-6-4-3-5-7-13;/h3-7,11-12H,8-10H2,1-2H3;1H. The van der Waals surface area contributed by atoms with Crippen molar-refractivity contribution in [2.45, 2.75) is 32.5 Å². The van der Waals surface area contributed by atoms with E-state index in [2.05, 4.69) is 43.0 Å². The van der Waals surface area contributed by atoms with Gasteiger partial charge in [-0.15, -0.1) is 35.6 Å². The average molecular weight is 297 g/mol. The predicted octanol–water partition coefficient (Wildman–Crippen LogP) is 4.17. The molecule has 1 rings (SSSR count). The molecule has 17 heavy (non-hydrogen) atoms. The number of hydrogen-bond acceptors (Lipinski definition) is 1. The predicted molar refractivity (Wildman–Crippen MR) is 79.6 cm³/mol. The summed E-state index contributed by atoms with van der Waals surface area (Å²) in [4.78, 5) is 2.34. The van der Waals surface area contributed by atoms with Gasteiger partial charge >= 0.3 is 0 Å². The Morgan fingerprint density at radius 1 is 1.00 bits per heavy atom. The summed E-state index contributed by atoms with van der Waals surface area (Å²) in [5, 5.41) is 0. The minimum Gasteiger partial charge on any atom is -0.291 e. The zero-order chi connectivity index (χ0) is 12.0. The Labute approximate surface area is 121 Å². The number of alkyl halides is 2. The lowest BCUT2D eigenvalue weighted by atomic mass is 10.1. The number of rotatable bonds is 6. The van der Waals surface area contributed by atoms with Crippen LogP contribution >= 0.6 is 35.6 Å². The first-order chi connectivity index (χ1) is 7.69. The average Bonchev–Trinajstić information content (AvgIpc) is 2.35. The Kier molecular flexibility index (Phi) is 9.07. The first-order valence-corrected chi connectivity index (χ1v) is 6.67. The van der Waals surface area contributed by atoms with E-state index in [0.717, 1.165) is 6.54 Å². The van der Waals surface area contributed by atoms with Crippen molar-refractivity contribution in [1.29, 1.82) is 0 Å². The van der Waals surface area contributed by atoms with Crippen LogP contribution in [0.3, 0.4) is 0 Å². The Morgan fingerprint density at radius 2 is 1.47 bits per heavy atom. The summed E-state index contributed by atoms with van der Waals surface area (Å²) in [5.41, 5.74) is 1.30. The van der Waals surface area contributed by atoms with Crippen LogP contribution in [0.15, 0.2) is 30.3 Å². The van der Waals surface area contributed by atoms with Gasteiger partial charge < -0.3 is 0 Å². The van der Waals surface area contributed by atoms with Crippen molar-refractivity contribution < 1.29 is 0 Å². The molecular formula is C13H20Cl3N. The van der Waals surface area contributed by atoms with E-state index in [0.29, 0.717) is 23.8 Å². The lowest BCUT2D eigenvalue weighted by molar-refractivity contribution is 0.170. The molecule has 0 radical (unpaired) electrons. The van der Waals surface area contributed by atoms with Crippen LogP contribution in [0, 0.1) is 0 Å². The van der Waals surface area contributed by atoms with Gasteiger partial charge in [0, 0.05) is 30.4 Å². The Morgan fingerprint density at radius 3 is 1.88 bits per heavy atom. The van der Waals surface area contributed by atoms with E-state index >= 15 is 0 Å². The molecular weight excluding hydrogens is 277 g/mol. The highest BCUT2D eigenvalue weighted by atomic mass is 35.5. The first-order valence-electron chi connectivity index (χ1n) is 5.60. The van der Waals surface area contributed by atoms with Crippen LogP contribution in [0.4, 0.5) is 0 Å². The normalized spacial score (nSPS) is 14.2. The lowest BCUT2D eigenvalue weighted by Gasteiger charge is -2.32. The minimum absolute atomic E-state index is 0. The van der Waals surface area contributed by atoms with E-state index < -0.39 is 0 Å². The van der Waals surface area contributed by atoms with Gasteiger partial charge in [0.15, 0.2) is 0 Å². The maximum Gasteiger partial charge on any atom is 0.0377 e. The highest BCUT2D eigenvalue weighted by Gasteiger charge is 2.18. The quantitative estimate of drug-likeness (QED) is 0.712. The van der Waals surface area contributed by atoms with Crippen molar-refractivity contribution in [2.75, 3.05) is 11.8 Å². The number of nitrogens with zero attached hydrogens (tertiary/aromatic N) is 1.